The summed E-state index contributed by atoms with van der Waals surface area (Å²) in [7, 11) is 0. The number of nitrogens with zero attached hydrogens (tertiary/aromatic N) is 2. The predicted molar refractivity (Wildman–Crippen MR) is 48.9 cm³/mol. The van der Waals surface area contributed by atoms with E-state index in [1.165, 1.54) is 0 Å². The highest BCUT2D eigenvalue weighted by Crippen LogP contribution is 2.18. The van der Waals surface area contributed by atoms with Crippen molar-refractivity contribution in [2.24, 2.45) is 0 Å². The van der Waals surface area contributed by atoms with E-state index in [2.05, 4.69) is 9.97 Å². The van der Waals surface area contributed by atoms with E-state index in [9.17, 15) is 8.78 Å². The Hall–Kier alpha value is -1.58. The molecule has 0 unspecified atom stereocenters. The summed E-state index contributed by atoms with van der Waals surface area (Å²) >= 11 is 0. The van der Waals surface area contributed by atoms with Crippen LogP contribution in [0.5, 0.6) is 0 Å². The quantitative estimate of drug-likeness (QED) is 0.644. The minimum absolute atomic E-state index is 0.00639. The Morgan fingerprint density at radius 3 is 1.57 bits per heavy atom. The highest BCUT2D eigenvalue weighted by molar-refractivity contribution is 5.75. The largest absolute Gasteiger partial charge is 0.246 e. The van der Waals surface area contributed by atoms with Crippen molar-refractivity contribution in [1.29, 1.82) is 0 Å². The van der Waals surface area contributed by atoms with Crippen LogP contribution in [0.4, 0.5) is 8.78 Å². The molecule has 1 aromatic carbocycles. The zero-order valence-electron chi connectivity index (χ0n) is 7.81. The first-order valence-corrected chi connectivity index (χ1v) is 4.18. The Labute approximate surface area is 79.6 Å². The van der Waals surface area contributed by atoms with Gasteiger partial charge in [0.2, 0.25) is 0 Å². The van der Waals surface area contributed by atoms with Crippen LogP contribution >= 0.6 is 0 Å². The summed E-state index contributed by atoms with van der Waals surface area (Å²) < 4.78 is 26.4. The Bertz CT molecular complexity index is 462. The SMILES string of the molecule is Cc1nc2c(F)ccc(F)c2nc1C. The first-order chi connectivity index (χ1) is 6.59. The third kappa shape index (κ3) is 1.23. The van der Waals surface area contributed by atoms with Crippen LogP contribution in [-0.4, -0.2) is 9.97 Å². The fourth-order valence-electron chi connectivity index (χ4n) is 1.24. The highest BCUT2D eigenvalue weighted by atomic mass is 19.1. The van der Waals surface area contributed by atoms with Crippen LogP contribution < -0.4 is 0 Å². The van der Waals surface area contributed by atoms with Gasteiger partial charge >= 0.3 is 0 Å². The van der Waals surface area contributed by atoms with E-state index in [1.54, 1.807) is 13.8 Å². The van der Waals surface area contributed by atoms with Crippen molar-refractivity contribution >= 4 is 11.0 Å². The molecule has 1 heterocycles. The average Bonchev–Trinajstić information content (AvgIpc) is 2.15. The average molecular weight is 194 g/mol. The summed E-state index contributed by atoms with van der Waals surface area (Å²) in [6.45, 7) is 3.43. The molecule has 14 heavy (non-hydrogen) atoms. The van der Waals surface area contributed by atoms with Gasteiger partial charge in [-0.2, -0.15) is 0 Å². The maximum atomic E-state index is 13.2. The molecule has 0 saturated heterocycles. The smallest absolute Gasteiger partial charge is 0.151 e. The maximum absolute atomic E-state index is 13.2. The van der Waals surface area contributed by atoms with Crippen molar-refractivity contribution in [3.63, 3.8) is 0 Å². The predicted octanol–water partition coefficient (Wildman–Crippen LogP) is 2.52. The lowest BCUT2D eigenvalue weighted by atomic mass is 10.2. The Morgan fingerprint density at radius 2 is 1.21 bits per heavy atom. The minimum atomic E-state index is -0.544. The van der Waals surface area contributed by atoms with Crippen LogP contribution in [0.1, 0.15) is 11.4 Å². The molecule has 0 N–H and O–H groups in total. The molecule has 0 aliphatic carbocycles. The molecule has 72 valence electrons. The topological polar surface area (TPSA) is 25.8 Å². The molecule has 2 nitrogen and oxygen atoms in total. The Balaban J connectivity index is 2.94. The Kier molecular flexibility index (Phi) is 1.91. The third-order valence-corrected chi connectivity index (χ3v) is 2.14. The van der Waals surface area contributed by atoms with Gasteiger partial charge in [-0.05, 0) is 26.0 Å². The molecule has 2 rings (SSSR count). The molecule has 0 amide bonds. The van der Waals surface area contributed by atoms with Gasteiger partial charge in [-0.25, -0.2) is 18.7 Å². The number of hydrogen-bond donors (Lipinski definition) is 0. The summed E-state index contributed by atoms with van der Waals surface area (Å²) in [5, 5.41) is 0. The zero-order chi connectivity index (χ0) is 10.3. The molecule has 0 bridgehead atoms. The van der Waals surface area contributed by atoms with Crippen LogP contribution in [0, 0.1) is 25.5 Å². The van der Waals surface area contributed by atoms with Gasteiger partial charge in [0.25, 0.3) is 0 Å². The normalized spacial score (nSPS) is 10.9. The monoisotopic (exact) mass is 194 g/mol. The lowest BCUT2D eigenvalue weighted by Crippen LogP contribution is -1.97. The fraction of sp³-hybridized carbons (Fsp3) is 0.200. The zero-order valence-corrected chi connectivity index (χ0v) is 7.81. The van der Waals surface area contributed by atoms with Crippen molar-refractivity contribution < 1.29 is 8.78 Å². The summed E-state index contributed by atoms with van der Waals surface area (Å²) in [6.07, 6.45) is 0. The van der Waals surface area contributed by atoms with Gasteiger partial charge in [-0.15, -0.1) is 0 Å². The van der Waals surface area contributed by atoms with Gasteiger partial charge in [0.05, 0.1) is 11.4 Å². The lowest BCUT2D eigenvalue weighted by Gasteiger charge is -2.03. The summed E-state index contributed by atoms with van der Waals surface area (Å²) in [6, 6.07) is 2.11. The van der Waals surface area contributed by atoms with E-state index in [-0.39, 0.29) is 11.0 Å². The van der Waals surface area contributed by atoms with Crippen molar-refractivity contribution in [2.45, 2.75) is 13.8 Å². The molecule has 0 aliphatic rings. The van der Waals surface area contributed by atoms with Crippen LogP contribution in [-0.2, 0) is 0 Å². The molecule has 1 aromatic heterocycles. The van der Waals surface area contributed by atoms with Crippen molar-refractivity contribution in [3.05, 3.63) is 35.2 Å². The van der Waals surface area contributed by atoms with Gasteiger partial charge in [-0.1, -0.05) is 0 Å². The number of halogens is 2. The number of fused-ring (bicyclic) bond motifs is 1. The second-order valence-electron chi connectivity index (χ2n) is 3.12. The summed E-state index contributed by atoms with van der Waals surface area (Å²) in [5.74, 6) is -1.09. The van der Waals surface area contributed by atoms with E-state index in [1.807, 2.05) is 0 Å². The first kappa shape index (κ1) is 8.99. The lowest BCUT2D eigenvalue weighted by molar-refractivity contribution is 0.612. The van der Waals surface area contributed by atoms with Crippen molar-refractivity contribution in [3.8, 4) is 0 Å². The number of benzene rings is 1. The Morgan fingerprint density at radius 1 is 0.857 bits per heavy atom. The fourth-order valence-corrected chi connectivity index (χ4v) is 1.24. The number of rotatable bonds is 0. The van der Waals surface area contributed by atoms with Gasteiger partial charge in [0, 0.05) is 0 Å². The van der Waals surface area contributed by atoms with Crippen LogP contribution in [0.2, 0.25) is 0 Å². The van der Waals surface area contributed by atoms with Crippen molar-refractivity contribution in [2.75, 3.05) is 0 Å². The van der Waals surface area contributed by atoms with Gasteiger partial charge < -0.3 is 0 Å². The molecule has 0 radical (unpaired) electrons. The summed E-state index contributed by atoms with van der Waals surface area (Å²) in [4.78, 5) is 7.92. The molecule has 0 saturated carbocycles. The molecule has 0 atom stereocenters. The number of aromatic nitrogens is 2. The van der Waals surface area contributed by atoms with Gasteiger partial charge in [-0.3, -0.25) is 0 Å². The molecular weight excluding hydrogens is 186 g/mol. The van der Waals surface area contributed by atoms with E-state index >= 15 is 0 Å². The molecule has 0 aliphatic heterocycles. The van der Waals surface area contributed by atoms with Gasteiger partial charge in [0.1, 0.15) is 11.0 Å². The van der Waals surface area contributed by atoms with Crippen molar-refractivity contribution in [1.82, 2.24) is 9.97 Å². The van der Waals surface area contributed by atoms with Gasteiger partial charge in [0.15, 0.2) is 11.6 Å². The molecule has 2 aromatic rings. The highest BCUT2D eigenvalue weighted by Gasteiger charge is 2.10. The van der Waals surface area contributed by atoms with Crippen LogP contribution in [0.15, 0.2) is 12.1 Å². The van der Waals surface area contributed by atoms with Crippen LogP contribution in [0.3, 0.4) is 0 Å². The van der Waals surface area contributed by atoms with E-state index in [4.69, 9.17) is 0 Å². The first-order valence-electron chi connectivity index (χ1n) is 4.18. The number of hydrogen-bond acceptors (Lipinski definition) is 2. The van der Waals surface area contributed by atoms with E-state index in [0.29, 0.717) is 11.4 Å². The third-order valence-electron chi connectivity index (χ3n) is 2.14. The summed E-state index contributed by atoms with van der Waals surface area (Å²) in [5.41, 5.74) is 1.21. The van der Waals surface area contributed by atoms with E-state index < -0.39 is 11.6 Å². The molecule has 4 heteroatoms. The van der Waals surface area contributed by atoms with Crippen LogP contribution in [0.25, 0.3) is 11.0 Å². The minimum Gasteiger partial charge on any atom is -0.246 e. The molecule has 0 fully saturated rings. The second kappa shape index (κ2) is 2.97. The molecule has 0 spiro atoms. The molecular formula is C10H8F2N2. The maximum Gasteiger partial charge on any atom is 0.151 e. The van der Waals surface area contributed by atoms with E-state index in [0.717, 1.165) is 12.1 Å². The second-order valence-corrected chi connectivity index (χ2v) is 3.12. The standard InChI is InChI=1S/C10H8F2N2/c1-5-6(2)14-10-8(12)4-3-7(11)9(10)13-5/h3-4H,1-2H3. The number of aryl methyl sites for hydroxylation is 2.